The van der Waals surface area contributed by atoms with Gasteiger partial charge in [0.05, 0.1) is 13.1 Å². The second kappa shape index (κ2) is 22.5. The molecule has 0 saturated heterocycles. The Hall–Kier alpha value is -0.726. The Balaban J connectivity index is -0.0000000267. The summed E-state index contributed by atoms with van der Waals surface area (Å²) in [6, 6.07) is 0. The summed E-state index contributed by atoms with van der Waals surface area (Å²) in [6.45, 7) is -0.556. The van der Waals surface area contributed by atoms with Gasteiger partial charge in [-0.15, -0.1) is 0 Å². The summed E-state index contributed by atoms with van der Waals surface area (Å²) >= 11 is 0. The molecule has 0 unspecified atom stereocenters. The molecule has 10 N–H and O–H groups in total. The van der Waals surface area contributed by atoms with E-state index in [-0.39, 0.29) is 40.5 Å². The number of nitrogens with two attached hydrogens (primary N) is 2. The van der Waals surface area contributed by atoms with Crippen LogP contribution in [0, 0.1) is 0 Å². The van der Waals surface area contributed by atoms with Crippen LogP contribution < -0.4 is 11.5 Å². The first-order valence-corrected chi connectivity index (χ1v) is 2.38. The Bertz CT molecular complexity index is 107. The van der Waals surface area contributed by atoms with Gasteiger partial charge in [0.25, 0.3) is 0 Å². The number of carboxylic acids is 2. The zero-order chi connectivity index (χ0) is 8.57. The molecule has 0 rings (SSSR count). The van der Waals surface area contributed by atoms with Gasteiger partial charge in [-0.05, 0) is 0 Å². The summed E-state index contributed by atoms with van der Waals surface area (Å²) in [4.78, 5) is 18.5. The monoisotopic (exact) mass is 244 g/mol. The summed E-state index contributed by atoms with van der Waals surface area (Å²) in [7, 11) is 0. The molecular formula is C4H14N2NiO6. The molecule has 8 nitrogen and oxygen atoms in total. The van der Waals surface area contributed by atoms with Crippen molar-refractivity contribution in [1.29, 1.82) is 0 Å². The van der Waals surface area contributed by atoms with Crippen LogP contribution in [0.15, 0.2) is 0 Å². The topological polar surface area (TPSA) is 190 Å². The van der Waals surface area contributed by atoms with E-state index in [9.17, 15) is 9.59 Å². The number of aliphatic carboxylic acids is 2. The van der Waals surface area contributed by atoms with Gasteiger partial charge in [-0.3, -0.25) is 9.59 Å². The Labute approximate surface area is 84.4 Å². The standard InChI is InChI=1S/2C2H5NO2.Ni.2H2O/c2*3-1-2(4)5;;;/h2*1,3H2,(H,4,5);;2*1H2. The first-order chi connectivity index (χ1) is 4.54. The van der Waals surface area contributed by atoms with Crippen molar-refractivity contribution in [1.82, 2.24) is 0 Å². The molecule has 0 amide bonds. The summed E-state index contributed by atoms with van der Waals surface area (Å²) in [5.74, 6) is -1.94. The second-order valence-corrected chi connectivity index (χ2v) is 1.20. The molecule has 0 aliphatic rings. The summed E-state index contributed by atoms with van der Waals surface area (Å²) in [5.41, 5.74) is 9.14. The van der Waals surface area contributed by atoms with Crippen molar-refractivity contribution < 1.29 is 47.2 Å². The van der Waals surface area contributed by atoms with Crippen molar-refractivity contribution in [3.8, 4) is 0 Å². The number of hydrogen-bond donors (Lipinski definition) is 4. The molecule has 0 aromatic rings. The fraction of sp³-hybridized carbons (Fsp3) is 0.500. The van der Waals surface area contributed by atoms with Gasteiger partial charge < -0.3 is 32.6 Å². The summed E-state index contributed by atoms with van der Waals surface area (Å²) in [6.07, 6.45) is 0. The maximum atomic E-state index is 9.24. The summed E-state index contributed by atoms with van der Waals surface area (Å²) < 4.78 is 0. The van der Waals surface area contributed by atoms with Crippen LogP contribution in [0.4, 0.5) is 0 Å². The summed E-state index contributed by atoms with van der Waals surface area (Å²) in [5, 5.41) is 15.2. The van der Waals surface area contributed by atoms with Crippen molar-refractivity contribution in [2.75, 3.05) is 13.1 Å². The molecule has 86 valence electrons. The van der Waals surface area contributed by atoms with E-state index < -0.39 is 11.9 Å². The molecule has 0 aliphatic carbocycles. The zero-order valence-electron chi connectivity index (χ0n) is 6.60. The first kappa shape index (κ1) is 29.5. The molecule has 13 heavy (non-hydrogen) atoms. The normalized spacial score (nSPS) is 5.69. The number of hydrogen-bond acceptors (Lipinski definition) is 4. The van der Waals surface area contributed by atoms with Crippen LogP contribution in [0.1, 0.15) is 0 Å². The van der Waals surface area contributed by atoms with Crippen LogP contribution in [-0.4, -0.2) is 46.2 Å². The van der Waals surface area contributed by atoms with E-state index >= 15 is 0 Å². The average molecular weight is 245 g/mol. The van der Waals surface area contributed by atoms with E-state index in [1.54, 1.807) is 0 Å². The van der Waals surface area contributed by atoms with Crippen molar-refractivity contribution in [2.45, 2.75) is 0 Å². The van der Waals surface area contributed by atoms with E-state index in [4.69, 9.17) is 10.2 Å². The smallest absolute Gasteiger partial charge is 0.317 e. The van der Waals surface area contributed by atoms with Gasteiger partial charge in [-0.1, -0.05) is 0 Å². The van der Waals surface area contributed by atoms with Crippen LogP contribution in [0.25, 0.3) is 0 Å². The molecule has 0 spiro atoms. The van der Waals surface area contributed by atoms with Crippen LogP contribution >= 0.6 is 0 Å². The third-order valence-corrected chi connectivity index (χ3v) is 0.349. The van der Waals surface area contributed by atoms with Gasteiger partial charge >= 0.3 is 11.9 Å². The van der Waals surface area contributed by atoms with E-state index in [1.807, 2.05) is 0 Å². The van der Waals surface area contributed by atoms with Gasteiger partial charge in [0, 0.05) is 16.5 Å². The van der Waals surface area contributed by atoms with Crippen LogP contribution in [0.5, 0.6) is 0 Å². The average Bonchev–Trinajstić information content (AvgIpc) is 1.89. The van der Waals surface area contributed by atoms with E-state index in [1.165, 1.54) is 0 Å². The Kier molecular flexibility index (Phi) is 51.0. The van der Waals surface area contributed by atoms with Gasteiger partial charge in [-0.2, -0.15) is 0 Å². The fourth-order valence-electron chi connectivity index (χ4n) is 0. The van der Waals surface area contributed by atoms with Crippen LogP contribution in [-0.2, 0) is 26.1 Å². The molecule has 0 atom stereocenters. The zero-order valence-corrected chi connectivity index (χ0v) is 7.58. The van der Waals surface area contributed by atoms with E-state index in [0.29, 0.717) is 0 Å². The molecule has 9 heteroatoms. The van der Waals surface area contributed by atoms with Crippen molar-refractivity contribution in [2.24, 2.45) is 11.5 Å². The predicted octanol–water partition coefficient (Wildman–Crippen LogP) is -3.59. The largest absolute Gasteiger partial charge is 0.480 e. The quantitative estimate of drug-likeness (QED) is 0.363. The SMILES string of the molecule is NCC(=O)O.NCC(=O)O.O.O.[Ni]. The Morgan fingerprint density at radius 1 is 0.923 bits per heavy atom. The van der Waals surface area contributed by atoms with Crippen molar-refractivity contribution >= 4 is 11.9 Å². The maximum Gasteiger partial charge on any atom is 0.317 e. The molecule has 0 aromatic carbocycles. The number of carboxylic acid groups (broad SMARTS) is 2. The van der Waals surface area contributed by atoms with Crippen molar-refractivity contribution in [3.05, 3.63) is 0 Å². The Morgan fingerprint density at radius 2 is 1.00 bits per heavy atom. The van der Waals surface area contributed by atoms with Gasteiger partial charge in [0.2, 0.25) is 0 Å². The third-order valence-electron chi connectivity index (χ3n) is 0.349. The van der Waals surface area contributed by atoms with Crippen LogP contribution in [0.3, 0.4) is 0 Å². The minimum Gasteiger partial charge on any atom is -0.480 e. The minimum atomic E-state index is -0.968. The molecule has 0 radical (unpaired) electrons. The first-order valence-electron chi connectivity index (χ1n) is 2.38. The van der Waals surface area contributed by atoms with Gasteiger partial charge in [0.1, 0.15) is 0 Å². The second-order valence-electron chi connectivity index (χ2n) is 1.20. The number of carbonyl (C=O) groups is 2. The van der Waals surface area contributed by atoms with Crippen molar-refractivity contribution in [3.63, 3.8) is 0 Å². The number of rotatable bonds is 2. The Morgan fingerprint density at radius 3 is 1.00 bits per heavy atom. The van der Waals surface area contributed by atoms with E-state index in [0.717, 1.165) is 0 Å². The molecule has 0 bridgehead atoms. The molecule has 0 aliphatic heterocycles. The van der Waals surface area contributed by atoms with Gasteiger partial charge in [0.15, 0.2) is 0 Å². The molecule has 0 heterocycles. The van der Waals surface area contributed by atoms with E-state index in [2.05, 4.69) is 11.5 Å². The maximum absolute atomic E-state index is 9.24. The molecule has 0 saturated carbocycles. The third kappa shape index (κ3) is 90.5. The molecule has 0 fully saturated rings. The molecule has 0 aromatic heterocycles. The molecular weight excluding hydrogens is 231 g/mol. The predicted molar refractivity (Wildman–Crippen MR) is 40.6 cm³/mol. The minimum absolute atomic E-state index is 0. The fourth-order valence-corrected chi connectivity index (χ4v) is 0. The van der Waals surface area contributed by atoms with Gasteiger partial charge in [-0.25, -0.2) is 0 Å². The van der Waals surface area contributed by atoms with Crippen LogP contribution in [0.2, 0.25) is 0 Å².